The smallest absolute Gasteiger partial charge is 0.314 e. The van der Waals surface area contributed by atoms with Crippen molar-refractivity contribution in [2.45, 2.75) is 44.6 Å². The first kappa shape index (κ1) is 23.7. The maximum absolute atomic E-state index is 13.5. The van der Waals surface area contributed by atoms with Crippen LogP contribution in [0.4, 0.5) is 5.69 Å². The van der Waals surface area contributed by atoms with Crippen LogP contribution in [-0.2, 0) is 9.59 Å². The highest BCUT2D eigenvalue weighted by Crippen LogP contribution is 2.56. The number of thiazole rings is 1. The van der Waals surface area contributed by atoms with E-state index in [1.807, 2.05) is 0 Å². The number of hydrogen-bond acceptors (Lipinski definition) is 7. The van der Waals surface area contributed by atoms with Crippen molar-refractivity contribution in [3.63, 3.8) is 0 Å². The van der Waals surface area contributed by atoms with Crippen molar-refractivity contribution in [2.24, 2.45) is 11.3 Å². The summed E-state index contributed by atoms with van der Waals surface area (Å²) in [6, 6.07) is 6.23. The molecule has 10 heteroatoms. The van der Waals surface area contributed by atoms with Gasteiger partial charge in [-0.25, -0.2) is 4.98 Å². The summed E-state index contributed by atoms with van der Waals surface area (Å²) in [5, 5.41) is 11.6. The van der Waals surface area contributed by atoms with Gasteiger partial charge in [-0.1, -0.05) is 13.0 Å². The molecular formula is C28H35N7O2S. The SMILES string of the molecule is C[C@H]1CC[C@H](c2ccc3sc(C4CC5(C4)CN(C)C5)nc3c2)N(C(=O)C(=O)Nc2cncc3cn[nH]c23)C1.[HH].[HH]. The quantitative estimate of drug-likeness (QED) is 0.366. The van der Waals surface area contributed by atoms with Crippen LogP contribution in [0, 0.1) is 11.3 Å². The molecule has 2 N–H and O–H groups in total. The van der Waals surface area contributed by atoms with Crippen molar-refractivity contribution in [2.75, 3.05) is 32.0 Å². The van der Waals surface area contributed by atoms with Crippen LogP contribution in [0.3, 0.4) is 0 Å². The highest BCUT2D eigenvalue weighted by atomic mass is 32.1. The van der Waals surface area contributed by atoms with Crippen LogP contribution >= 0.6 is 11.3 Å². The second-order valence-corrected chi connectivity index (χ2v) is 12.8. The predicted octanol–water partition coefficient (Wildman–Crippen LogP) is 4.81. The fourth-order valence-electron chi connectivity index (χ4n) is 6.85. The van der Waals surface area contributed by atoms with E-state index in [0.29, 0.717) is 35.0 Å². The Kier molecular flexibility index (Phi) is 5.52. The lowest BCUT2D eigenvalue weighted by Gasteiger charge is -2.58. The van der Waals surface area contributed by atoms with Gasteiger partial charge in [0.2, 0.25) is 0 Å². The average molecular weight is 534 g/mol. The van der Waals surface area contributed by atoms with Gasteiger partial charge in [0.1, 0.15) is 0 Å². The lowest BCUT2D eigenvalue weighted by Crippen LogP contribution is -2.59. The molecule has 2 amide bonds. The molecule has 200 valence electrons. The summed E-state index contributed by atoms with van der Waals surface area (Å²) < 4.78 is 1.19. The topological polar surface area (TPSA) is 107 Å². The van der Waals surface area contributed by atoms with Crippen LogP contribution < -0.4 is 5.32 Å². The summed E-state index contributed by atoms with van der Waals surface area (Å²) in [5.41, 5.74) is 3.67. The number of pyridine rings is 1. The number of aromatic nitrogens is 4. The Hall–Kier alpha value is -3.37. The maximum atomic E-state index is 13.5. The Balaban J connectivity index is 0.00000161. The van der Waals surface area contributed by atoms with Crippen LogP contribution in [0.15, 0.2) is 36.8 Å². The normalized spacial score (nSPS) is 23.5. The molecule has 2 atom stereocenters. The number of aromatic amines is 1. The third-order valence-electron chi connectivity index (χ3n) is 8.61. The minimum atomic E-state index is -0.662. The fourth-order valence-corrected chi connectivity index (χ4v) is 7.90. The van der Waals surface area contributed by atoms with Crippen molar-refractivity contribution in [1.29, 1.82) is 0 Å². The number of fused-ring (bicyclic) bond motifs is 2. The van der Waals surface area contributed by atoms with E-state index in [4.69, 9.17) is 4.98 Å². The number of piperidine rings is 1. The van der Waals surface area contributed by atoms with Crippen molar-refractivity contribution >= 4 is 50.0 Å². The van der Waals surface area contributed by atoms with Crippen LogP contribution in [0.5, 0.6) is 0 Å². The van der Waals surface area contributed by atoms with E-state index in [1.165, 1.54) is 41.8 Å². The number of amides is 2. The molecule has 38 heavy (non-hydrogen) atoms. The summed E-state index contributed by atoms with van der Waals surface area (Å²) >= 11 is 1.80. The molecule has 0 bridgehead atoms. The molecule has 1 aromatic carbocycles. The second kappa shape index (κ2) is 8.84. The van der Waals surface area contributed by atoms with Gasteiger partial charge in [0, 0.05) is 40.0 Å². The summed E-state index contributed by atoms with van der Waals surface area (Å²) in [5.74, 6) is -0.296. The zero-order chi connectivity index (χ0) is 26.0. The molecule has 1 aliphatic carbocycles. The zero-order valence-corrected chi connectivity index (χ0v) is 22.4. The van der Waals surface area contributed by atoms with Gasteiger partial charge in [0.25, 0.3) is 0 Å². The van der Waals surface area contributed by atoms with Crippen molar-refractivity contribution in [1.82, 2.24) is 30.0 Å². The molecule has 2 saturated heterocycles. The van der Waals surface area contributed by atoms with E-state index in [2.05, 4.69) is 57.6 Å². The first-order valence-corrected chi connectivity index (χ1v) is 14.2. The lowest BCUT2D eigenvalue weighted by atomic mass is 9.58. The maximum Gasteiger partial charge on any atom is 0.314 e. The molecule has 1 saturated carbocycles. The molecule has 0 unspecified atom stereocenters. The molecule has 3 fully saturated rings. The Bertz CT molecular complexity index is 1560. The van der Waals surface area contributed by atoms with Crippen LogP contribution in [0.2, 0.25) is 0 Å². The van der Waals surface area contributed by atoms with Crippen molar-refractivity contribution in [3.05, 3.63) is 47.4 Å². The number of carbonyl (C=O) groups excluding carboxylic acids is 2. The predicted molar refractivity (Wildman–Crippen MR) is 151 cm³/mol. The number of hydrogen-bond donors (Lipinski definition) is 2. The standard InChI is InChI=1S/C28H31N7O2S.2H2/c1-16-3-5-22(35(13-16)27(37)25(36)31-21-12-29-10-19-11-30-33-24(19)21)17-4-6-23-20(7-17)32-26(38-23)18-8-28(9-18)14-34(2)15-28;;/h4,6-7,10-12,16,18,22H,3,5,8-9,13-15H2,1-2H3,(H,30,33)(H,31,36);2*1H/t16-,22+;;/m0../s1. The molecular weight excluding hydrogens is 498 g/mol. The number of benzene rings is 1. The fraction of sp³-hybridized carbons (Fsp3) is 0.464. The Morgan fingerprint density at radius 1 is 1.18 bits per heavy atom. The van der Waals surface area contributed by atoms with E-state index < -0.39 is 11.8 Å². The van der Waals surface area contributed by atoms with Gasteiger partial charge >= 0.3 is 11.8 Å². The van der Waals surface area contributed by atoms with E-state index in [-0.39, 0.29) is 8.90 Å². The van der Waals surface area contributed by atoms with Gasteiger partial charge in [-0.3, -0.25) is 19.7 Å². The number of nitrogens with one attached hydrogen (secondary N) is 2. The molecule has 9 nitrogen and oxygen atoms in total. The van der Waals surface area contributed by atoms with E-state index in [9.17, 15) is 9.59 Å². The zero-order valence-electron chi connectivity index (χ0n) is 21.6. The summed E-state index contributed by atoms with van der Waals surface area (Å²) in [4.78, 5) is 39.9. The second-order valence-electron chi connectivity index (χ2n) is 11.7. The van der Waals surface area contributed by atoms with E-state index in [0.717, 1.165) is 29.3 Å². The van der Waals surface area contributed by atoms with Gasteiger partial charge in [-0.05, 0) is 61.8 Å². The van der Waals surface area contributed by atoms with Gasteiger partial charge in [-0.15, -0.1) is 11.3 Å². The molecule has 7 rings (SSSR count). The average Bonchev–Trinajstić information content (AvgIpc) is 3.52. The minimum absolute atomic E-state index is 0. The van der Waals surface area contributed by atoms with Crippen LogP contribution in [-0.4, -0.2) is 68.5 Å². The monoisotopic (exact) mass is 533 g/mol. The number of rotatable bonds is 3. The molecule has 1 spiro atoms. The molecule has 5 heterocycles. The summed E-state index contributed by atoms with van der Waals surface area (Å²) in [6.45, 7) is 5.10. The molecule has 2 aliphatic heterocycles. The molecule has 3 aromatic heterocycles. The first-order chi connectivity index (χ1) is 18.4. The van der Waals surface area contributed by atoms with Crippen molar-refractivity contribution in [3.8, 4) is 0 Å². The van der Waals surface area contributed by atoms with Gasteiger partial charge in [0.05, 0.1) is 44.9 Å². The third-order valence-corrected chi connectivity index (χ3v) is 9.81. The highest BCUT2D eigenvalue weighted by molar-refractivity contribution is 7.18. The number of anilines is 1. The van der Waals surface area contributed by atoms with Gasteiger partial charge < -0.3 is 15.1 Å². The molecule has 3 aliphatic rings. The third kappa shape index (κ3) is 3.97. The van der Waals surface area contributed by atoms with Gasteiger partial charge in [-0.2, -0.15) is 5.10 Å². The number of nitrogens with zero attached hydrogens (tertiary/aromatic N) is 5. The first-order valence-electron chi connectivity index (χ1n) is 13.4. The highest BCUT2D eigenvalue weighted by Gasteiger charge is 2.52. The number of carbonyl (C=O) groups is 2. The number of H-pyrrole nitrogens is 1. The van der Waals surface area contributed by atoms with Crippen molar-refractivity contribution < 1.29 is 12.4 Å². The largest absolute Gasteiger partial charge is 0.327 e. The summed E-state index contributed by atoms with van der Waals surface area (Å²) in [6.07, 6.45) is 9.13. The van der Waals surface area contributed by atoms with E-state index >= 15 is 0 Å². The Morgan fingerprint density at radius 2 is 2.03 bits per heavy atom. The minimum Gasteiger partial charge on any atom is -0.327 e. The molecule has 4 aromatic rings. The Morgan fingerprint density at radius 3 is 2.84 bits per heavy atom. The van der Waals surface area contributed by atoms with Crippen LogP contribution in [0.25, 0.3) is 21.1 Å². The van der Waals surface area contributed by atoms with E-state index in [1.54, 1.807) is 28.6 Å². The lowest BCUT2D eigenvalue weighted by molar-refractivity contribution is -0.146. The van der Waals surface area contributed by atoms with Crippen LogP contribution in [0.1, 0.15) is 58.0 Å². The summed E-state index contributed by atoms with van der Waals surface area (Å²) in [7, 11) is 2.19. The number of likely N-dealkylation sites (tertiary alicyclic amines) is 2. The Labute approximate surface area is 227 Å². The van der Waals surface area contributed by atoms with Gasteiger partial charge in [0.15, 0.2) is 0 Å². The molecule has 0 radical (unpaired) electrons.